The van der Waals surface area contributed by atoms with Gasteiger partial charge in [0.2, 0.25) is 0 Å². The topological polar surface area (TPSA) is 74.6 Å². The van der Waals surface area contributed by atoms with E-state index < -0.39 is 17.4 Å². The zero-order chi connectivity index (χ0) is 11.8. The Kier molecular flexibility index (Phi) is 2.58. The molecule has 4 nitrogen and oxygen atoms in total. The van der Waals surface area contributed by atoms with Crippen LogP contribution in [-0.2, 0) is 9.59 Å². The molecule has 0 radical (unpaired) electrons. The lowest BCUT2D eigenvalue weighted by Gasteiger charge is -2.32. The molecule has 3 rings (SSSR count). The highest BCUT2D eigenvalue weighted by Crippen LogP contribution is 2.42. The van der Waals surface area contributed by atoms with Crippen molar-refractivity contribution >= 4 is 11.9 Å². The molecule has 0 saturated carbocycles. The zero-order valence-electron chi connectivity index (χ0n) is 8.90. The van der Waals surface area contributed by atoms with Crippen molar-refractivity contribution in [3.8, 4) is 0 Å². The molecule has 0 saturated heterocycles. The fourth-order valence-electron chi connectivity index (χ4n) is 2.48. The van der Waals surface area contributed by atoms with E-state index in [2.05, 4.69) is 0 Å². The van der Waals surface area contributed by atoms with Gasteiger partial charge in [0, 0.05) is 5.57 Å². The van der Waals surface area contributed by atoms with Gasteiger partial charge in [-0.15, -0.1) is 0 Å². The van der Waals surface area contributed by atoms with Crippen LogP contribution >= 0.6 is 0 Å². The van der Waals surface area contributed by atoms with Gasteiger partial charge in [-0.05, 0) is 31.3 Å². The maximum absolute atomic E-state index is 11.3. The van der Waals surface area contributed by atoms with E-state index in [1.54, 1.807) is 12.2 Å². The van der Waals surface area contributed by atoms with Gasteiger partial charge < -0.3 is 10.2 Å². The van der Waals surface area contributed by atoms with Crippen molar-refractivity contribution in [3.05, 3.63) is 23.3 Å². The van der Waals surface area contributed by atoms with Gasteiger partial charge in [-0.3, -0.25) is 4.79 Å². The lowest BCUT2D eigenvalue weighted by Crippen LogP contribution is -2.34. The summed E-state index contributed by atoms with van der Waals surface area (Å²) in [5.41, 5.74) is 0.0890. The van der Waals surface area contributed by atoms with Crippen molar-refractivity contribution in [1.29, 1.82) is 0 Å². The first kappa shape index (κ1) is 10.9. The van der Waals surface area contributed by atoms with Crippen molar-refractivity contribution in [3.63, 3.8) is 0 Å². The standard InChI is InChI=1S/C12H14O4/c13-10(14)9-7-12(11(15)16)5-2-1-3-8(9)4-6-12/h4,6H,1-3,5,7H2,(H,13,14)(H,15,16). The quantitative estimate of drug-likeness (QED) is 0.749. The predicted molar refractivity (Wildman–Crippen MR) is 57.0 cm³/mol. The number of hydrogen-bond acceptors (Lipinski definition) is 2. The predicted octanol–water partition coefficient (Wildman–Crippen LogP) is 1.97. The first-order valence-electron chi connectivity index (χ1n) is 5.43. The number of aliphatic carboxylic acids is 2. The number of allylic oxidation sites excluding steroid dienone is 2. The van der Waals surface area contributed by atoms with Crippen LogP contribution in [0.2, 0.25) is 0 Å². The number of fused-ring (bicyclic) bond motifs is 4. The molecule has 3 aliphatic rings. The number of carbonyl (C=O) groups is 2. The molecule has 2 N–H and O–H groups in total. The van der Waals surface area contributed by atoms with Crippen LogP contribution in [0.3, 0.4) is 0 Å². The molecule has 0 aliphatic heterocycles. The molecule has 0 aromatic carbocycles. The molecule has 0 fully saturated rings. The summed E-state index contributed by atoms with van der Waals surface area (Å²) in [5.74, 6) is -1.89. The molecule has 0 spiro atoms. The summed E-state index contributed by atoms with van der Waals surface area (Å²) >= 11 is 0. The van der Waals surface area contributed by atoms with Gasteiger partial charge in [-0.25, -0.2) is 4.79 Å². The molecule has 2 bridgehead atoms. The van der Waals surface area contributed by atoms with Crippen LogP contribution in [0.25, 0.3) is 0 Å². The summed E-state index contributed by atoms with van der Waals surface area (Å²) in [6.45, 7) is 0. The van der Waals surface area contributed by atoms with Crippen LogP contribution in [0.4, 0.5) is 0 Å². The summed E-state index contributed by atoms with van der Waals surface area (Å²) < 4.78 is 0. The second-order valence-electron chi connectivity index (χ2n) is 4.49. The Morgan fingerprint density at radius 1 is 1.25 bits per heavy atom. The third-order valence-electron chi connectivity index (χ3n) is 3.49. The minimum absolute atomic E-state index is 0.128. The Balaban J connectivity index is 2.45. The third-order valence-corrected chi connectivity index (χ3v) is 3.49. The third kappa shape index (κ3) is 1.64. The van der Waals surface area contributed by atoms with Gasteiger partial charge in [-0.2, -0.15) is 0 Å². The van der Waals surface area contributed by atoms with Crippen LogP contribution < -0.4 is 0 Å². The van der Waals surface area contributed by atoms with Crippen molar-refractivity contribution < 1.29 is 19.8 Å². The van der Waals surface area contributed by atoms with Gasteiger partial charge in [0.1, 0.15) is 0 Å². The van der Waals surface area contributed by atoms with Crippen LogP contribution in [0, 0.1) is 5.41 Å². The van der Waals surface area contributed by atoms with Gasteiger partial charge in [0.05, 0.1) is 5.41 Å². The highest BCUT2D eigenvalue weighted by atomic mass is 16.4. The average molecular weight is 222 g/mol. The molecule has 0 amide bonds. The zero-order valence-corrected chi connectivity index (χ0v) is 8.90. The fourth-order valence-corrected chi connectivity index (χ4v) is 2.48. The molecule has 0 aromatic heterocycles. The Morgan fingerprint density at radius 2 is 2.00 bits per heavy atom. The molecule has 1 unspecified atom stereocenters. The maximum atomic E-state index is 11.3. The molecular weight excluding hydrogens is 208 g/mol. The monoisotopic (exact) mass is 222 g/mol. The van der Waals surface area contributed by atoms with E-state index in [4.69, 9.17) is 5.11 Å². The first-order chi connectivity index (χ1) is 7.55. The molecule has 4 heteroatoms. The second-order valence-corrected chi connectivity index (χ2v) is 4.49. The summed E-state index contributed by atoms with van der Waals surface area (Å²) in [7, 11) is 0. The summed E-state index contributed by atoms with van der Waals surface area (Å²) in [6, 6.07) is 0. The fraction of sp³-hybridized carbons (Fsp3) is 0.500. The van der Waals surface area contributed by atoms with Gasteiger partial charge in [0.25, 0.3) is 0 Å². The number of carboxylic acid groups (broad SMARTS) is 2. The van der Waals surface area contributed by atoms with E-state index in [0.717, 1.165) is 24.8 Å². The van der Waals surface area contributed by atoms with Crippen LogP contribution in [-0.4, -0.2) is 22.2 Å². The number of rotatable bonds is 2. The maximum Gasteiger partial charge on any atom is 0.331 e. The SMILES string of the molecule is O=C(O)C1=C2C=CC(C(=O)O)(CCCC2)C1. The van der Waals surface area contributed by atoms with E-state index in [0.29, 0.717) is 6.42 Å². The molecular formula is C12H14O4. The van der Waals surface area contributed by atoms with Gasteiger partial charge in [-0.1, -0.05) is 18.6 Å². The van der Waals surface area contributed by atoms with Crippen molar-refractivity contribution in [1.82, 2.24) is 0 Å². The largest absolute Gasteiger partial charge is 0.481 e. The Bertz CT molecular complexity index is 405. The van der Waals surface area contributed by atoms with Crippen LogP contribution in [0.1, 0.15) is 32.1 Å². The summed E-state index contributed by atoms with van der Waals surface area (Å²) in [5, 5.41) is 18.4. The second kappa shape index (κ2) is 3.77. The molecule has 0 aromatic rings. The minimum Gasteiger partial charge on any atom is -0.481 e. The Hall–Kier alpha value is -1.58. The molecule has 0 heterocycles. The van der Waals surface area contributed by atoms with E-state index >= 15 is 0 Å². The highest BCUT2D eigenvalue weighted by molar-refractivity contribution is 5.91. The Labute approximate surface area is 93.3 Å². The number of hydrogen-bond donors (Lipinski definition) is 2. The lowest BCUT2D eigenvalue weighted by molar-refractivity contribution is -0.146. The normalized spacial score (nSPS) is 28.8. The average Bonchev–Trinajstić information content (AvgIpc) is 2.17. The smallest absolute Gasteiger partial charge is 0.331 e. The molecule has 1 atom stereocenters. The highest BCUT2D eigenvalue weighted by Gasteiger charge is 2.41. The van der Waals surface area contributed by atoms with Gasteiger partial charge >= 0.3 is 11.9 Å². The van der Waals surface area contributed by atoms with E-state index in [1.807, 2.05) is 0 Å². The van der Waals surface area contributed by atoms with Crippen molar-refractivity contribution in [2.75, 3.05) is 0 Å². The van der Waals surface area contributed by atoms with E-state index in [9.17, 15) is 14.7 Å². The summed E-state index contributed by atoms with van der Waals surface area (Å²) in [6.07, 6.45) is 6.48. The number of carboxylic acids is 2. The molecule has 16 heavy (non-hydrogen) atoms. The minimum atomic E-state index is -0.988. The molecule has 3 aliphatic carbocycles. The van der Waals surface area contributed by atoms with Crippen LogP contribution in [0.15, 0.2) is 23.3 Å². The molecule has 86 valence electrons. The first-order valence-corrected chi connectivity index (χ1v) is 5.43. The Morgan fingerprint density at radius 3 is 2.62 bits per heavy atom. The van der Waals surface area contributed by atoms with E-state index in [-0.39, 0.29) is 12.0 Å². The van der Waals surface area contributed by atoms with Gasteiger partial charge in [0.15, 0.2) is 0 Å². The van der Waals surface area contributed by atoms with E-state index in [1.165, 1.54) is 0 Å². The van der Waals surface area contributed by atoms with Crippen LogP contribution in [0.5, 0.6) is 0 Å². The summed E-state index contributed by atoms with van der Waals surface area (Å²) in [4.78, 5) is 22.4. The van der Waals surface area contributed by atoms with Crippen molar-refractivity contribution in [2.24, 2.45) is 5.41 Å². The lowest BCUT2D eigenvalue weighted by atomic mass is 9.70. The van der Waals surface area contributed by atoms with Crippen molar-refractivity contribution in [2.45, 2.75) is 32.1 Å².